The maximum Gasteiger partial charge on any atom is 0.254 e. The van der Waals surface area contributed by atoms with Gasteiger partial charge >= 0.3 is 0 Å². The Balaban J connectivity index is 2.09. The van der Waals surface area contributed by atoms with Crippen LogP contribution in [-0.2, 0) is 6.54 Å². The lowest BCUT2D eigenvalue weighted by Crippen LogP contribution is -2.26. The number of rotatable bonds is 3. The number of hydrogen-bond donors (Lipinski definition) is 0. The molecule has 0 spiro atoms. The number of hydrogen-bond acceptors (Lipinski definition) is 3. The van der Waals surface area contributed by atoms with E-state index in [0.29, 0.717) is 16.7 Å². The van der Waals surface area contributed by atoms with E-state index in [-0.39, 0.29) is 5.91 Å². The molecule has 88 valence electrons. The van der Waals surface area contributed by atoms with Crippen molar-refractivity contribution in [2.24, 2.45) is 0 Å². The van der Waals surface area contributed by atoms with Crippen molar-refractivity contribution in [2.75, 3.05) is 7.05 Å². The summed E-state index contributed by atoms with van der Waals surface area (Å²) < 4.78 is 5.85. The van der Waals surface area contributed by atoms with Gasteiger partial charge in [0.1, 0.15) is 10.4 Å². The third kappa shape index (κ3) is 2.94. The normalized spacial score (nSPS) is 10.2. The molecule has 0 radical (unpaired) electrons. The average molecular weight is 295 g/mol. The lowest BCUT2D eigenvalue weighted by atomic mass is 10.2. The molecule has 0 aromatic carbocycles. The molecule has 17 heavy (non-hydrogen) atoms. The van der Waals surface area contributed by atoms with Crippen LogP contribution in [0.4, 0.5) is 0 Å². The lowest BCUT2D eigenvalue weighted by molar-refractivity contribution is 0.0775. The Hall–Kier alpha value is -1.62. The van der Waals surface area contributed by atoms with E-state index in [2.05, 4.69) is 20.9 Å². The first-order chi connectivity index (χ1) is 8.16. The van der Waals surface area contributed by atoms with E-state index in [1.54, 1.807) is 42.6 Å². The van der Waals surface area contributed by atoms with E-state index in [9.17, 15) is 4.79 Å². The van der Waals surface area contributed by atoms with Crippen molar-refractivity contribution in [3.05, 3.63) is 52.7 Å². The van der Waals surface area contributed by atoms with Crippen LogP contribution in [0.1, 0.15) is 16.1 Å². The summed E-state index contributed by atoms with van der Waals surface area (Å²) >= 11 is 3.24. The van der Waals surface area contributed by atoms with Crippen LogP contribution in [-0.4, -0.2) is 22.8 Å². The first-order valence-corrected chi connectivity index (χ1v) is 5.85. The minimum atomic E-state index is -0.0653. The van der Waals surface area contributed by atoms with E-state index in [1.807, 2.05) is 6.07 Å². The molecule has 0 saturated heterocycles. The van der Waals surface area contributed by atoms with Gasteiger partial charge in [-0.05, 0) is 40.2 Å². The number of pyridine rings is 1. The van der Waals surface area contributed by atoms with Crippen molar-refractivity contribution in [3.8, 4) is 0 Å². The fourth-order valence-electron chi connectivity index (χ4n) is 1.46. The summed E-state index contributed by atoms with van der Waals surface area (Å²) in [6, 6.07) is 7.02. The molecule has 0 atom stereocenters. The molecule has 0 bridgehead atoms. The second-order valence-electron chi connectivity index (χ2n) is 3.61. The Kier molecular flexibility index (Phi) is 3.58. The molecule has 0 aliphatic rings. The molecule has 2 aromatic rings. The first kappa shape index (κ1) is 11.9. The summed E-state index contributed by atoms with van der Waals surface area (Å²) in [5.41, 5.74) is 0.598. The summed E-state index contributed by atoms with van der Waals surface area (Å²) in [7, 11) is 1.74. The van der Waals surface area contributed by atoms with E-state index >= 15 is 0 Å². The van der Waals surface area contributed by atoms with Crippen LogP contribution in [0.3, 0.4) is 0 Å². The van der Waals surface area contributed by atoms with Gasteiger partial charge in [0.2, 0.25) is 0 Å². The summed E-state index contributed by atoms with van der Waals surface area (Å²) in [5, 5.41) is 0. The quantitative estimate of drug-likeness (QED) is 0.818. The van der Waals surface area contributed by atoms with E-state index in [4.69, 9.17) is 4.42 Å². The summed E-state index contributed by atoms with van der Waals surface area (Å²) in [6.07, 6.45) is 3.19. The van der Waals surface area contributed by atoms with Crippen LogP contribution in [0.25, 0.3) is 0 Å². The Morgan fingerprint density at radius 2 is 2.35 bits per heavy atom. The smallest absolute Gasteiger partial charge is 0.254 e. The highest BCUT2D eigenvalue weighted by molar-refractivity contribution is 9.10. The molecular formula is C12H11BrN2O2. The van der Waals surface area contributed by atoms with Crippen LogP contribution in [0.2, 0.25) is 0 Å². The Labute approximate surface area is 107 Å². The molecule has 1 amide bonds. The minimum absolute atomic E-state index is 0.0653. The number of amides is 1. The third-order valence-corrected chi connectivity index (χ3v) is 2.73. The highest BCUT2D eigenvalue weighted by Gasteiger charge is 2.13. The zero-order chi connectivity index (χ0) is 12.3. The molecule has 4 nitrogen and oxygen atoms in total. The predicted molar refractivity (Wildman–Crippen MR) is 66.4 cm³/mol. The van der Waals surface area contributed by atoms with Gasteiger partial charge in [-0.25, -0.2) is 4.98 Å². The molecule has 0 saturated carbocycles. The molecule has 2 aromatic heterocycles. The number of carbonyl (C=O) groups excluding carboxylic acids is 1. The summed E-state index contributed by atoms with van der Waals surface area (Å²) in [4.78, 5) is 17.6. The van der Waals surface area contributed by atoms with Gasteiger partial charge in [-0.15, -0.1) is 0 Å². The molecule has 0 aliphatic heterocycles. The van der Waals surface area contributed by atoms with Gasteiger partial charge in [-0.3, -0.25) is 4.79 Å². The second kappa shape index (κ2) is 5.14. The van der Waals surface area contributed by atoms with Crippen molar-refractivity contribution in [2.45, 2.75) is 6.54 Å². The zero-order valence-electron chi connectivity index (χ0n) is 9.26. The van der Waals surface area contributed by atoms with Crippen LogP contribution in [0.5, 0.6) is 0 Å². The molecule has 0 fully saturated rings. The first-order valence-electron chi connectivity index (χ1n) is 5.06. The number of halogens is 1. The number of nitrogens with zero attached hydrogens (tertiary/aromatic N) is 2. The molecule has 5 heteroatoms. The van der Waals surface area contributed by atoms with Crippen LogP contribution in [0, 0.1) is 0 Å². The van der Waals surface area contributed by atoms with Gasteiger partial charge in [0.25, 0.3) is 5.91 Å². The number of furan rings is 1. The second-order valence-corrected chi connectivity index (χ2v) is 4.42. The van der Waals surface area contributed by atoms with Gasteiger partial charge in [0, 0.05) is 18.8 Å². The maximum absolute atomic E-state index is 12.1. The highest BCUT2D eigenvalue weighted by Crippen LogP contribution is 2.12. The zero-order valence-corrected chi connectivity index (χ0v) is 10.8. The van der Waals surface area contributed by atoms with Gasteiger partial charge in [0.15, 0.2) is 0 Å². The average Bonchev–Trinajstić information content (AvgIpc) is 2.80. The van der Waals surface area contributed by atoms with Crippen LogP contribution < -0.4 is 0 Å². The SMILES string of the molecule is CN(Cc1ccco1)C(=O)c1ccnc(Br)c1. The fraction of sp³-hybridized carbons (Fsp3) is 0.167. The van der Waals surface area contributed by atoms with Crippen molar-refractivity contribution < 1.29 is 9.21 Å². The van der Waals surface area contributed by atoms with Gasteiger partial charge in [-0.2, -0.15) is 0 Å². The van der Waals surface area contributed by atoms with E-state index in [0.717, 1.165) is 5.76 Å². The minimum Gasteiger partial charge on any atom is -0.467 e. The standard InChI is InChI=1S/C12H11BrN2O2/c1-15(8-10-3-2-6-17-10)12(16)9-4-5-14-11(13)7-9/h2-7H,8H2,1H3. The topological polar surface area (TPSA) is 46.3 Å². The van der Waals surface area contributed by atoms with E-state index in [1.165, 1.54) is 0 Å². The van der Waals surface area contributed by atoms with Crippen LogP contribution in [0.15, 0.2) is 45.7 Å². The largest absolute Gasteiger partial charge is 0.467 e. The summed E-state index contributed by atoms with van der Waals surface area (Å²) in [5.74, 6) is 0.693. The molecule has 2 heterocycles. The number of carbonyl (C=O) groups is 1. The third-order valence-electron chi connectivity index (χ3n) is 2.29. The Bertz CT molecular complexity index is 511. The maximum atomic E-state index is 12.1. The van der Waals surface area contributed by atoms with Crippen molar-refractivity contribution in [3.63, 3.8) is 0 Å². The Morgan fingerprint density at radius 1 is 1.53 bits per heavy atom. The predicted octanol–water partition coefficient (Wildman–Crippen LogP) is 2.71. The lowest BCUT2D eigenvalue weighted by Gasteiger charge is -2.15. The van der Waals surface area contributed by atoms with Crippen molar-refractivity contribution in [1.82, 2.24) is 9.88 Å². The molecule has 0 N–H and O–H groups in total. The molecule has 2 rings (SSSR count). The van der Waals surface area contributed by atoms with Gasteiger partial charge in [0.05, 0.1) is 12.8 Å². The monoisotopic (exact) mass is 294 g/mol. The van der Waals surface area contributed by atoms with Crippen molar-refractivity contribution in [1.29, 1.82) is 0 Å². The van der Waals surface area contributed by atoms with Crippen LogP contribution >= 0.6 is 15.9 Å². The molecule has 0 unspecified atom stereocenters. The fourth-order valence-corrected chi connectivity index (χ4v) is 1.83. The highest BCUT2D eigenvalue weighted by atomic mass is 79.9. The molecular weight excluding hydrogens is 284 g/mol. The molecule has 0 aliphatic carbocycles. The Morgan fingerprint density at radius 3 is 3.00 bits per heavy atom. The van der Waals surface area contributed by atoms with Crippen molar-refractivity contribution >= 4 is 21.8 Å². The van der Waals surface area contributed by atoms with Gasteiger partial charge in [-0.1, -0.05) is 0 Å². The van der Waals surface area contributed by atoms with E-state index < -0.39 is 0 Å². The summed E-state index contributed by atoms with van der Waals surface area (Å²) in [6.45, 7) is 0.450. The van der Waals surface area contributed by atoms with Gasteiger partial charge < -0.3 is 9.32 Å². The number of aromatic nitrogens is 1.